The average molecular weight is 305 g/mol. The van der Waals surface area contributed by atoms with Crippen molar-refractivity contribution < 1.29 is 0 Å². The van der Waals surface area contributed by atoms with E-state index in [2.05, 4.69) is 28.9 Å². The SMILES string of the molecule is CN(C)CCC1CCN(Cc2cnc(N)s2)CC1.Cl. The molecule has 1 aromatic heterocycles. The van der Waals surface area contributed by atoms with E-state index in [-0.39, 0.29) is 12.4 Å². The summed E-state index contributed by atoms with van der Waals surface area (Å²) in [4.78, 5) is 10.2. The fraction of sp³-hybridized carbons (Fsp3) is 0.769. The Balaban J connectivity index is 0.00000180. The summed E-state index contributed by atoms with van der Waals surface area (Å²) in [5, 5.41) is 0.686. The van der Waals surface area contributed by atoms with Gasteiger partial charge in [0, 0.05) is 17.6 Å². The number of piperidine rings is 1. The Hall–Kier alpha value is -0.360. The molecule has 1 aliphatic rings. The van der Waals surface area contributed by atoms with Crippen molar-refractivity contribution in [3.8, 4) is 0 Å². The molecule has 0 unspecified atom stereocenters. The second-order valence-corrected chi connectivity index (χ2v) is 6.62. The van der Waals surface area contributed by atoms with Gasteiger partial charge in [-0.15, -0.1) is 23.7 Å². The molecule has 0 aromatic carbocycles. The van der Waals surface area contributed by atoms with Gasteiger partial charge in [-0.2, -0.15) is 0 Å². The van der Waals surface area contributed by atoms with Crippen molar-refractivity contribution in [2.75, 3.05) is 39.5 Å². The van der Waals surface area contributed by atoms with Gasteiger partial charge in [-0.25, -0.2) is 4.98 Å². The highest BCUT2D eigenvalue weighted by atomic mass is 35.5. The fourth-order valence-electron chi connectivity index (χ4n) is 2.49. The Morgan fingerprint density at radius 1 is 1.42 bits per heavy atom. The van der Waals surface area contributed by atoms with E-state index in [1.807, 2.05) is 6.20 Å². The highest BCUT2D eigenvalue weighted by Crippen LogP contribution is 2.23. The monoisotopic (exact) mass is 304 g/mol. The van der Waals surface area contributed by atoms with Crippen molar-refractivity contribution in [2.45, 2.75) is 25.8 Å². The minimum Gasteiger partial charge on any atom is -0.375 e. The van der Waals surface area contributed by atoms with Gasteiger partial charge in [0.1, 0.15) is 0 Å². The molecule has 0 radical (unpaired) electrons. The molecule has 2 N–H and O–H groups in total. The van der Waals surface area contributed by atoms with Gasteiger partial charge in [0.25, 0.3) is 0 Å². The Morgan fingerprint density at radius 2 is 2.11 bits per heavy atom. The lowest BCUT2D eigenvalue weighted by Gasteiger charge is -2.32. The van der Waals surface area contributed by atoms with Crippen LogP contribution in [0.5, 0.6) is 0 Å². The highest BCUT2D eigenvalue weighted by Gasteiger charge is 2.19. The minimum absolute atomic E-state index is 0. The summed E-state index contributed by atoms with van der Waals surface area (Å²) < 4.78 is 0. The fourth-order valence-corrected chi connectivity index (χ4v) is 3.22. The summed E-state index contributed by atoms with van der Waals surface area (Å²) in [7, 11) is 4.31. The Morgan fingerprint density at radius 3 is 2.63 bits per heavy atom. The average Bonchev–Trinajstić information content (AvgIpc) is 2.74. The van der Waals surface area contributed by atoms with Crippen LogP contribution in [0.1, 0.15) is 24.1 Å². The standard InChI is InChI=1S/C13H24N4S.ClH/c1-16(2)6-3-11-4-7-17(8-5-11)10-12-9-15-13(14)18-12;/h9,11H,3-8,10H2,1-2H3,(H2,14,15);1H. The van der Waals surface area contributed by atoms with E-state index in [9.17, 15) is 0 Å². The molecule has 1 fully saturated rings. The Kier molecular flexibility index (Phi) is 7.07. The van der Waals surface area contributed by atoms with Crippen LogP contribution >= 0.6 is 23.7 Å². The molecule has 19 heavy (non-hydrogen) atoms. The van der Waals surface area contributed by atoms with Crippen LogP contribution in [-0.4, -0.2) is 48.5 Å². The van der Waals surface area contributed by atoms with Crippen LogP contribution in [0.25, 0.3) is 0 Å². The second kappa shape index (κ2) is 8.04. The number of halogens is 1. The summed E-state index contributed by atoms with van der Waals surface area (Å²) in [6.07, 6.45) is 5.93. The van der Waals surface area contributed by atoms with Gasteiger partial charge in [0.15, 0.2) is 5.13 Å². The first-order chi connectivity index (χ1) is 8.63. The van der Waals surface area contributed by atoms with E-state index >= 15 is 0 Å². The number of hydrogen-bond acceptors (Lipinski definition) is 5. The van der Waals surface area contributed by atoms with E-state index in [0.29, 0.717) is 5.13 Å². The number of aromatic nitrogens is 1. The topological polar surface area (TPSA) is 45.4 Å². The van der Waals surface area contributed by atoms with E-state index in [1.54, 1.807) is 11.3 Å². The number of thiazole rings is 1. The molecule has 2 heterocycles. The van der Waals surface area contributed by atoms with Crippen molar-refractivity contribution in [1.82, 2.24) is 14.8 Å². The largest absolute Gasteiger partial charge is 0.375 e. The quantitative estimate of drug-likeness (QED) is 0.907. The van der Waals surface area contributed by atoms with Crippen LogP contribution in [-0.2, 0) is 6.54 Å². The van der Waals surface area contributed by atoms with Crippen molar-refractivity contribution in [2.24, 2.45) is 5.92 Å². The second-order valence-electron chi connectivity index (χ2n) is 5.48. The van der Waals surface area contributed by atoms with Gasteiger partial charge < -0.3 is 10.6 Å². The van der Waals surface area contributed by atoms with Gasteiger partial charge in [0.2, 0.25) is 0 Å². The molecule has 0 bridgehead atoms. The smallest absolute Gasteiger partial charge is 0.180 e. The molecule has 4 nitrogen and oxygen atoms in total. The molecule has 110 valence electrons. The molecule has 0 atom stereocenters. The van der Waals surface area contributed by atoms with Crippen molar-refractivity contribution in [3.05, 3.63) is 11.1 Å². The van der Waals surface area contributed by atoms with E-state index in [4.69, 9.17) is 5.73 Å². The van der Waals surface area contributed by atoms with Gasteiger partial charge in [-0.1, -0.05) is 0 Å². The number of nitrogens with two attached hydrogens (primary N) is 1. The van der Waals surface area contributed by atoms with Crippen LogP contribution < -0.4 is 5.73 Å². The van der Waals surface area contributed by atoms with Gasteiger partial charge in [0.05, 0.1) is 0 Å². The summed E-state index contributed by atoms with van der Waals surface area (Å²) in [6.45, 7) is 4.68. The number of anilines is 1. The number of rotatable bonds is 5. The maximum absolute atomic E-state index is 5.66. The number of nitrogen functional groups attached to an aromatic ring is 1. The van der Waals surface area contributed by atoms with Crippen LogP contribution in [0.15, 0.2) is 6.20 Å². The van der Waals surface area contributed by atoms with Gasteiger partial charge in [-0.05, 0) is 58.9 Å². The minimum atomic E-state index is 0. The summed E-state index contributed by atoms with van der Waals surface area (Å²) in [5.41, 5.74) is 5.66. The zero-order valence-electron chi connectivity index (χ0n) is 11.8. The molecule has 0 spiro atoms. The third kappa shape index (κ3) is 5.65. The zero-order valence-corrected chi connectivity index (χ0v) is 13.5. The third-order valence-electron chi connectivity index (χ3n) is 3.64. The van der Waals surface area contributed by atoms with Crippen molar-refractivity contribution in [1.29, 1.82) is 0 Å². The lowest BCUT2D eigenvalue weighted by atomic mass is 9.93. The van der Waals surface area contributed by atoms with Crippen LogP contribution in [0.4, 0.5) is 5.13 Å². The molecule has 1 aliphatic heterocycles. The lowest BCUT2D eigenvalue weighted by Crippen LogP contribution is -2.33. The van der Waals surface area contributed by atoms with Gasteiger partial charge in [-0.3, -0.25) is 4.90 Å². The summed E-state index contributed by atoms with van der Waals surface area (Å²) >= 11 is 1.61. The number of nitrogens with zero attached hydrogens (tertiary/aromatic N) is 3. The summed E-state index contributed by atoms with van der Waals surface area (Å²) in [6, 6.07) is 0. The molecule has 0 amide bonds. The molecule has 2 rings (SSSR count). The number of hydrogen-bond donors (Lipinski definition) is 1. The molecule has 0 saturated carbocycles. The first-order valence-electron chi connectivity index (χ1n) is 6.71. The Bertz CT molecular complexity index is 361. The van der Waals surface area contributed by atoms with Crippen LogP contribution in [0, 0.1) is 5.92 Å². The summed E-state index contributed by atoms with van der Waals surface area (Å²) in [5.74, 6) is 0.912. The van der Waals surface area contributed by atoms with E-state index in [0.717, 1.165) is 12.5 Å². The molecular formula is C13H25ClN4S. The predicted octanol–water partition coefficient (Wildman–Crippen LogP) is 2.31. The van der Waals surface area contributed by atoms with E-state index < -0.39 is 0 Å². The normalized spacial score (nSPS) is 17.6. The molecule has 0 aliphatic carbocycles. The molecule has 6 heteroatoms. The predicted molar refractivity (Wildman–Crippen MR) is 84.9 cm³/mol. The highest BCUT2D eigenvalue weighted by molar-refractivity contribution is 7.15. The zero-order chi connectivity index (χ0) is 13.0. The van der Waals surface area contributed by atoms with Crippen LogP contribution in [0.3, 0.4) is 0 Å². The molecule has 1 aromatic rings. The maximum atomic E-state index is 5.66. The van der Waals surface area contributed by atoms with Crippen LogP contribution in [0.2, 0.25) is 0 Å². The van der Waals surface area contributed by atoms with Gasteiger partial charge >= 0.3 is 0 Å². The van der Waals surface area contributed by atoms with Crippen molar-refractivity contribution in [3.63, 3.8) is 0 Å². The third-order valence-corrected chi connectivity index (χ3v) is 4.45. The Labute approximate surface area is 126 Å². The lowest BCUT2D eigenvalue weighted by molar-refractivity contribution is 0.167. The van der Waals surface area contributed by atoms with E-state index in [1.165, 1.54) is 43.8 Å². The first kappa shape index (κ1) is 16.7. The molecular weight excluding hydrogens is 280 g/mol. The molecule has 1 saturated heterocycles. The number of likely N-dealkylation sites (tertiary alicyclic amines) is 1. The first-order valence-corrected chi connectivity index (χ1v) is 7.52. The van der Waals surface area contributed by atoms with Crippen molar-refractivity contribution >= 4 is 28.9 Å². The maximum Gasteiger partial charge on any atom is 0.180 e.